The number of aromatic nitrogens is 2. The third-order valence-corrected chi connectivity index (χ3v) is 7.82. The SMILES string of the molecule is COc1ccc(Cl)c2sc(N(Cc3ccccn3)C(=O)CS(=O)(=O)Cc3ccccc3)nc12. The average Bonchev–Trinajstić information content (AvgIpc) is 3.24. The lowest BCUT2D eigenvalue weighted by Crippen LogP contribution is -2.36. The molecule has 0 unspecified atom stereocenters. The topological polar surface area (TPSA) is 89.5 Å². The van der Waals surface area contributed by atoms with E-state index in [0.717, 1.165) is 0 Å². The van der Waals surface area contributed by atoms with E-state index in [1.54, 1.807) is 60.8 Å². The Morgan fingerprint density at radius 1 is 1.09 bits per heavy atom. The molecule has 0 saturated heterocycles. The third-order valence-electron chi connectivity index (χ3n) is 4.82. The predicted molar refractivity (Wildman–Crippen MR) is 131 cm³/mol. The molecular weight excluding hydrogens is 482 g/mol. The van der Waals surface area contributed by atoms with Gasteiger partial charge in [-0.2, -0.15) is 0 Å². The summed E-state index contributed by atoms with van der Waals surface area (Å²) in [5, 5.41) is 0.790. The van der Waals surface area contributed by atoms with Gasteiger partial charge in [0.05, 0.1) is 34.8 Å². The molecule has 2 aromatic heterocycles. The molecular formula is C23H20ClN3O4S2. The van der Waals surface area contributed by atoms with Crippen molar-refractivity contribution in [2.75, 3.05) is 17.8 Å². The van der Waals surface area contributed by atoms with Crippen LogP contribution in [0.4, 0.5) is 5.13 Å². The highest BCUT2D eigenvalue weighted by atomic mass is 35.5. The van der Waals surface area contributed by atoms with Crippen LogP contribution in [0.3, 0.4) is 0 Å². The molecule has 4 rings (SSSR count). The number of fused-ring (bicyclic) bond motifs is 1. The van der Waals surface area contributed by atoms with Gasteiger partial charge in [0, 0.05) is 6.20 Å². The summed E-state index contributed by atoms with van der Waals surface area (Å²) in [5.41, 5.74) is 1.73. The second-order valence-electron chi connectivity index (χ2n) is 7.24. The maximum atomic E-state index is 13.3. The molecule has 0 radical (unpaired) electrons. The van der Waals surface area contributed by atoms with Gasteiger partial charge in [0.1, 0.15) is 17.0 Å². The molecule has 1 amide bonds. The first-order valence-electron chi connectivity index (χ1n) is 9.94. The van der Waals surface area contributed by atoms with Gasteiger partial charge in [-0.3, -0.25) is 14.7 Å². The van der Waals surface area contributed by atoms with Gasteiger partial charge >= 0.3 is 0 Å². The smallest absolute Gasteiger partial charge is 0.244 e. The summed E-state index contributed by atoms with van der Waals surface area (Å²) in [7, 11) is -2.19. The van der Waals surface area contributed by atoms with Crippen LogP contribution in [0.5, 0.6) is 5.75 Å². The van der Waals surface area contributed by atoms with Crippen molar-refractivity contribution in [1.82, 2.24) is 9.97 Å². The molecule has 0 fully saturated rings. The number of hydrogen-bond acceptors (Lipinski definition) is 7. The fourth-order valence-electron chi connectivity index (χ4n) is 3.28. The van der Waals surface area contributed by atoms with Crippen molar-refractivity contribution in [2.24, 2.45) is 0 Å². The van der Waals surface area contributed by atoms with Crippen molar-refractivity contribution in [2.45, 2.75) is 12.3 Å². The van der Waals surface area contributed by atoms with E-state index in [2.05, 4.69) is 9.97 Å². The van der Waals surface area contributed by atoms with E-state index in [4.69, 9.17) is 16.3 Å². The van der Waals surface area contributed by atoms with Gasteiger partial charge in [0.2, 0.25) is 5.91 Å². The number of thiazole rings is 1. The second-order valence-corrected chi connectivity index (χ2v) is 10.7. The standard InChI is InChI=1S/C23H20ClN3O4S2/c1-31-19-11-10-18(24)22-21(19)26-23(32-22)27(13-17-9-5-6-12-25-17)20(28)15-33(29,30)14-16-7-3-2-4-8-16/h2-12H,13-15H2,1H3. The molecule has 170 valence electrons. The number of nitrogens with zero attached hydrogens (tertiary/aromatic N) is 3. The number of methoxy groups -OCH3 is 1. The summed E-state index contributed by atoms with van der Waals surface area (Å²) in [6.07, 6.45) is 1.61. The number of amides is 1. The number of pyridine rings is 1. The number of ether oxygens (including phenoxy) is 1. The lowest BCUT2D eigenvalue weighted by Gasteiger charge is -2.19. The van der Waals surface area contributed by atoms with Crippen LogP contribution in [0, 0.1) is 0 Å². The number of halogens is 1. The number of carbonyl (C=O) groups excluding carboxylic acids is 1. The maximum absolute atomic E-state index is 13.3. The molecule has 0 N–H and O–H groups in total. The zero-order valence-electron chi connectivity index (χ0n) is 17.6. The number of anilines is 1. The lowest BCUT2D eigenvalue weighted by atomic mass is 10.2. The van der Waals surface area contributed by atoms with Gasteiger partial charge in [-0.1, -0.05) is 59.3 Å². The molecule has 0 spiro atoms. The molecule has 0 bridgehead atoms. The molecule has 0 atom stereocenters. The molecule has 2 heterocycles. The Hall–Kier alpha value is -3.01. The number of benzene rings is 2. The summed E-state index contributed by atoms with van der Waals surface area (Å²) in [5.74, 6) is -0.962. The van der Waals surface area contributed by atoms with Crippen LogP contribution in [-0.4, -0.2) is 37.2 Å². The van der Waals surface area contributed by atoms with Crippen LogP contribution < -0.4 is 9.64 Å². The number of carbonyl (C=O) groups is 1. The molecule has 0 saturated carbocycles. The Kier molecular flexibility index (Phi) is 6.92. The van der Waals surface area contributed by atoms with Gasteiger partial charge in [0.25, 0.3) is 0 Å². The van der Waals surface area contributed by atoms with Gasteiger partial charge in [-0.15, -0.1) is 0 Å². The molecule has 0 aliphatic rings. The first-order valence-corrected chi connectivity index (χ1v) is 13.0. The minimum Gasteiger partial charge on any atom is -0.494 e. The minimum absolute atomic E-state index is 0.0697. The van der Waals surface area contributed by atoms with Crippen molar-refractivity contribution in [3.63, 3.8) is 0 Å². The Bertz CT molecular complexity index is 1380. The van der Waals surface area contributed by atoms with E-state index in [0.29, 0.717) is 37.4 Å². The highest BCUT2D eigenvalue weighted by Gasteiger charge is 2.27. The fraction of sp³-hybridized carbons (Fsp3) is 0.174. The van der Waals surface area contributed by atoms with Crippen LogP contribution in [-0.2, 0) is 26.9 Å². The summed E-state index contributed by atoms with van der Waals surface area (Å²) in [6, 6.07) is 17.5. The monoisotopic (exact) mass is 501 g/mol. The van der Waals surface area contributed by atoms with E-state index >= 15 is 0 Å². The maximum Gasteiger partial charge on any atom is 0.244 e. The largest absolute Gasteiger partial charge is 0.494 e. The first-order chi connectivity index (χ1) is 15.9. The van der Waals surface area contributed by atoms with E-state index in [-0.39, 0.29) is 12.3 Å². The molecule has 33 heavy (non-hydrogen) atoms. The van der Waals surface area contributed by atoms with E-state index in [9.17, 15) is 13.2 Å². The normalized spacial score (nSPS) is 11.5. The van der Waals surface area contributed by atoms with E-state index in [1.807, 2.05) is 6.07 Å². The quantitative estimate of drug-likeness (QED) is 0.353. The molecule has 0 aliphatic carbocycles. The van der Waals surface area contributed by atoms with Crippen molar-refractivity contribution >= 4 is 54.0 Å². The lowest BCUT2D eigenvalue weighted by molar-refractivity contribution is -0.116. The average molecular weight is 502 g/mol. The van der Waals surface area contributed by atoms with Crippen LogP contribution >= 0.6 is 22.9 Å². The molecule has 10 heteroatoms. The number of sulfone groups is 1. The number of rotatable bonds is 8. The van der Waals surface area contributed by atoms with Gasteiger partial charge in [0.15, 0.2) is 15.0 Å². The van der Waals surface area contributed by atoms with Crippen LogP contribution in [0.1, 0.15) is 11.3 Å². The zero-order valence-corrected chi connectivity index (χ0v) is 20.0. The Labute approximate surface area is 200 Å². The van der Waals surface area contributed by atoms with Crippen LogP contribution in [0.2, 0.25) is 5.02 Å². The third kappa shape index (κ3) is 5.50. The Balaban J connectivity index is 1.69. The predicted octanol–water partition coefficient (Wildman–Crippen LogP) is 4.50. The molecule has 4 aromatic rings. The highest BCUT2D eigenvalue weighted by Crippen LogP contribution is 2.39. The summed E-state index contributed by atoms with van der Waals surface area (Å²) >= 11 is 7.54. The zero-order chi connectivity index (χ0) is 23.4. The van der Waals surface area contributed by atoms with Crippen molar-refractivity contribution in [3.8, 4) is 5.75 Å². The van der Waals surface area contributed by atoms with Crippen molar-refractivity contribution in [1.29, 1.82) is 0 Å². The summed E-state index contributed by atoms with van der Waals surface area (Å²) in [6.45, 7) is 0.0697. The van der Waals surface area contributed by atoms with E-state index in [1.165, 1.54) is 23.3 Å². The molecule has 0 aliphatic heterocycles. The van der Waals surface area contributed by atoms with Crippen molar-refractivity contribution in [3.05, 3.63) is 83.1 Å². The van der Waals surface area contributed by atoms with Gasteiger partial charge in [-0.25, -0.2) is 13.4 Å². The first kappa shape index (κ1) is 23.2. The molecule has 7 nitrogen and oxygen atoms in total. The van der Waals surface area contributed by atoms with Crippen molar-refractivity contribution < 1.29 is 17.9 Å². The van der Waals surface area contributed by atoms with Crippen LogP contribution in [0.15, 0.2) is 66.9 Å². The van der Waals surface area contributed by atoms with Crippen LogP contribution in [0.25, 0.3) is 10.2 Å². The van der Waals surface area contributed by atoms with Gasteiger partial charge in [-0.05, 0) is 29.8 Å². The number of hydrogen-bond donors (Lipinski definition) is 0. The van der Waals surface area contributed by atoms with Gasteiger partial charge < -0.3 is 4.74 Å². The highest BCUT2D eigenvalue weighted by molar-refractivity contribution is 7.91. The Morgan fingerprint density at radius 3 is 2.55 bits per heavy atom. The fourth-order valence-corrected chi connectivity index (χ4v) is 5.89. The summed E-state index contributed by atoms with van der Waals surface area (Å²) < 4.78 is 31.6. The molecule has 2 aromatic carbocycles. The second kappa shape index (κ2) is 9.86. The Morgan fingerprint density at radius 2 is 1.85 bits per heavy atom. The summed E-state index contributed by atoms with van der Waals surface area (Å²) in [4.78, 5) is 23.5. The minimum atomic E-state index is -3.72. The van der Waals surface area contributed by atoms with E-state index < -0.39 is 21.5 Å².